The molecular formula is C15H12FNO. The van der Waals surface area contributed by atoms with Crippen LogP contribution in [0.15, 0.2) is 60.8 Å². The predicted octanol–water partition coefficient (Wildman–Crippen LogP) is 3.23. The SMILES string of the molecule is O=C(N/C=C/c1ccc(F)cc1)c1ccccc1. The van der Waals surface area contributed by atoms with E-state index in [0.717, 1.165) is 5.56 Å². The molecule has 90 valence electrons. The third-order valence-electron chi connectivity index (χ3n) is 2.40. The molecular weight excluding hydrogens is 229 g/mol. The summed E-state index contributed by atoms with van der Waals surface area (Å²) in [4.78, 5) is 11.7. The molecule has 0 aromatic heterocycles. The maximum absolute atomic E-state index is 12.7. The van der Waals surface area contributed by atoms with Gasteiger partial charge in [0.2, 0.25) is 0 Å². The number of halogens is 1. The lowest BCUT2D eigenvalue weighted by Gasteiger charge is -1.99. The number of carbonyl (C=O) groups is 1. The van der Waals surface area contributed by atoms with Gasteiger partial charge in [-0.3, -0.25) is 4.79 Å². The Labute approximate surface area is 105 Å². The molecule has 3 heteroatoms. The lowest BCUT2D eigenvalue weighted by molar-refractivity contribution is 0.0970. The Kier molecular flexibility index (Phi) is 3.86. The van der Waals surface area contributed by atoms with Crippen LogP contribution >= 0.6 is 0 Å². The second-order valence-corrected chi connectivity index (χ2v) is 3.72. The van der Waals surface area contributed by atoms with E-state index in [4.69, 9.17) is 0 Å². The lowest BCUT2D eigenvalue weighted by Crippen LogP contribution is -2.16. The summed E-state index contributed by atoms with van der Waals surface area (Å²) in [5, 5.41) is 2.65. The van der Waals surface area contributed by atoms with E-state index >= 15 is 0 Å². The molecule has 0 fully saturated rings. The van der Waals surface area contributed by atoms with Gasteiger partial charge in [0.25, 0.3) is 5.91 Å². The molecule has 0 aliphatic heterocycles. The van der Waals surface area contributed by atoms with E-state index in [2.05, 4.69) is 5.32 Å². The molecule has 18 heavy (non-hydrogen) atoms. The molecule has 0 bridgehead atoms. The Morgan fingerprint density at radius 3 is 2.33 bits per heavy atom. The van der Waals surface area contributed by atoms with Gasteiger partial charge in [0.05, 0.1) is 0 Å². The van der Waals surface area contributed by atoms with Crippen molar-refractivity contribution in [3.63, 3.8) is 0 Å². The van der Waals surface area contributed by atoms with Gasteiger partial charge in [0, 0.05) is 11.8 Å². The fourth-order valence-corrected chi connectivity index (χ4v) is 1.46. The Bertz CT molecular complexity index is 546. The summed E-state index contributed by atoms with van der Waals surface area (Å²) in [6, 6.07) is 15.0. The summed E-state index contributed by atoms with van der Waals surface area (Å²) >= 11 is 0. The van der Waals surface area contributed by atoms with Crippen LogP contribution in [0.5, 0.6) is 0 Å². The van der Waals surface area contributed by atoms with Crippen molar-refractivity contribution in [2.24, 2.45) is 0 Å². The van der Waals surface area contributed by atoms with Gasteiger partial charge >= 0.3 is 0 Å². The molecule has 0 spiro atoms. The van der Waals surface area contributed by atoms with Gasteiger partial charge < -0.3 is 5.32 Å². The molecule has 0 atom stereocenters. The zero-order chi connectivity index (χ0) is 12.8. The van der Waals surface area contributed by atoms with Crippen molar-refractivity contribution in [2.75, 3.05) is 0 Å². The van der Waals surface area contributed by atoms with Crippen molar-refractivity contribution < 1.29 is 9.18 Å². The molecule has 2 nitrogen and oxygen atoms in total. The summed E-state index contributed by atoms with van der Waals surface area (Å²) in [5.74, 6) is -0.450. The monoisotopic (exact) mass is 241 g/mol. The van der Waals surface area contributed by atoms with E-state index < -0.39 is 0 Å². The minimum Gasteiger partial charge on any atom is -0.329 e. The molecule has 0 aliphatic carbocycles. The second kappa shape index (κ2) is 5.77. The summed E-state index contributed by atoms with van der Waals surface area (Å²) in [6.07, 6.45) is 3.25. The number of nitrogens with one attached hydrogen (secondary N) is 1. The zero-order valence-electron chi connectivity index (χ0n) is 9.64. The predicted molar refractivity (Wildman–Crippen MR) is 69.3 cm³/mol. The van der Waals surface area contributed by atoms with Crippen LogP contribution < -0.4 is 5.32 Å². The highest BCUT2D eigenvalue weighted by Crippen LogP contribution is 2.04. The molecule has 2 aromatic carbocycles. The molecule has 1 N–H and O–H groups in total. The molecule has 2 aromatic rings. The molecule has 1 amide bonds. The van der Waals surface area contributed by atoms with E-state index in [0.29, 0.717) is 5.56 Å². The zero-order valence-corrected chi connectivity index (χ0v) is 9.64. The van der Waals surface area contributed by atoms with Crippen LogP contribution in [-0.2, 0) is 0 Å². The Morgan fingerprint density at radius 2 is 1.67 bits per heavy atom. The molecule has 0 aliphatic rings. The van der Waals surface area contributed by atoms with Crippen molar-refractivity contribution in [3.8, 4) is 0 Å². The van der Waals surface area contributed by atoms with E-state index in [1.165, 1.54) is 12.1 Å². The first kappa shape index (κ1) is 12.0. The molecule has 0 heterocycles. The van der Waals surface area contributed by atoms with E-state index in [1.54, 1.807) is 48.7 Å². The summed E-state index contributed by atoms with van der Waals surface area (Å²) < 4.78 is 12.7. The van der Waals surface area contributed by atoms with Gasteiger partial charge in [-0.05, 0) is 35.9 Å². The summed E-state index contributed by atoms with van der Waals surface area (Å²) in [7, 11) is 0. The number of rotatable bonds is 3. The largest absolute Gasteiger partial charge is 0.329 e. The summed E-state index contributed by atoms with van der Waals surface area (Å²) in [6.45, 7) is 0. The number of amides is 1. The molecule has 0 radical (unpaired) electrons. The topological polar surface area (TPSA) is 29.1 Å². The first-order valence-electron chi connectivity index (χ1n) is 5.54. The van der Waals surface area contributed by atoms with E-state index in [-0.39, 0.29) is 11.7 Å². The molecule has 0 unspecified atom stereocenters. The highest BCUT2D eigenvalue weighted by atomic mass is 19.1. The third-order valence-corrected chi connectivity index (χ3v) is 2.40. The fourth-order valence-electron chi connectivity index (χ4n) is 1.46. The van der Waals surface area contributed by atoms with Gasteiger partial charge in [-0.1, -0.05) is 30.3 Å². The van der Waals surface area contributed by atoms with Gasteiger partial charge in [0.1, 0.15) is 5.82 Å². The number of hydrogen-bond acceptors (Lipinski definition) is 1. The average Bonchev–Trinajstić information content (AvgIpc) is 2.42. The number of benzene rings is 2. The minimum atomic E-state index is -0.277. The quantitative estimate of drug-likeness (QED) is 0.878. The lowest BCUT2D eigenvalue weighted by atomic mass is 10.2. The molecule has 0 saturated carbocycles. The van der Waals surface area contributed by atoms with Crippen LogP contribution in [0.3, 0.4) is 0 Å². The Balaban J connectivity index is 1.96. The average molecular weight is 241 g/mol. The maximum Gasteiger partial charge on any atom is 0.255 e. The normalized spacial score (nSPS) is 10.5. The highest BCUT2D eigenvalue weighted by Gasteiger charge is 2.00. The standard InChI is InChI=1S/C15H12FNO/c16-14-8-6-12(7-9-14)10-11-17-15(18)13-4-2-1-3-5-13/h1-11H,(H,17,18)/b11-10+. The number of hydrogen-bond donors (Lipinski definition) is 1. The van der Waals surface area contributed by atoms with Crippen LogP contribution in [0.1, 0.15) is 15.9 Å². The fraction of sp³-hybridized carbons (Fsp3) is 0. The van der Waals surface area contributed by atoms with Crippen molar-refractivity contribution in [2.45, 2.75) is 0 Å². The third kappa shape index (κ3) is 3.28. The van der Waals surface area contributed by atoms with Crippen molar-refractivity contribution in [1.82, 2.24) is 5.32 Å². The summed E-state index contributed by atoms with van der Waals surface area (Å²) in [5.41, 5.74) is 1.42. The first-order valence-corrected chi connectivity index (χ1v) is 5.54. The smallest absolute Gasteiger partial charge is 0.255 e. The Hall–Kier alpha value is -2.42. The van der Waals surface area contributed by atoms with Gasteiger partial charge in [-0.15, -0.1) is 0 Å². The highest BCUT2D eigenvalue weighted by molar-refractivity contribution is 5.95. The Morgan fingerprint density at radius 1 is 1.00 bits per heavy atom. The van der Waals surface area contributed by atoms with Gasteiger partial charge in [-0.2, -0.15) is 0 Å². The van der Waals surface area contributed by atoms with Crippen LogP contribution in [0.4, 0.5) is 4.39 Å². The second-order valence-electron chi connectivity index (χ2n) is 3.72. The van der Waals surface area contributed by atoms with E-state index in [9.17, 15) is 9.18 Å². The first-order chi connectivity index (χ1) is 8.75. The van der Waals surface area contributed by atoms with Crippen LogP contribution in [0, 0.1) is 5.82 Å². The number of carbonyl (C=O) groups excluding carboxylic acids is 1. The van der Waals surface area contributed by atoms with E-state index in [1.807, 2.05) is 6.07 Å². The molecule has 0 saturated heterocycles. The van der Waals surface area contributed by atoms with Gasteiger partial charge in [-0.25, -0.2) is 4.39 Å². The van der Waals surface area contributed by atoms with Crippen LogP contribution in [0.2, 0.25) is 0 Å². The maximum atomic E-state index is 12.7. The van der Waals surface area contributed by atoms with Crippen LogP contribution in [0.25, 0.3) is 6.08 Å². The van der Waals surface area contributed by atoms with Gasteiger partial charge in [0.15, 0.2) is 0 Å². The van der Waals surface area contributed by atoms with Crippen molar-refractivity contribution in [1.29, 1.82) is 0 Å². The van der Waals surface area contributed by atoms with Crippen molar-refractivity contribution in [3.05, 3.63) is 77.7 Å². The van der Waals surface area contributed by atoms with Crippen LogP contribution in [-0.4, -0.2) is 5.91 Å². The molecule has 2 rings (SSSR count). The van der Waals surface area contributed by atoms with Crippen molar-refractivity contribution >= 4 is 12.0 Å². The minimum absolute atomic E-state index is 0.172.